The summed E-state index contributed by atoms with van der Waals surface area (Å²) in [6, 6.07) is 5.63. The van der Waals surface area contributed by atoms with Crippen LogP contribution < -0.4 is 5.32 Å². The second kappa shape index (κ2) is 9.11. The fourth-order valence-electron chi connectivity index (χ4n) is 4.51. The number of carbonyl (C=O) groups excluding carboxylic acids is 1. The molecule has 0 aromatic heterocycles. The number of aryl methyl sites for hydroxylation is 2. The highest BCUT2D eigenvalue weighted by atomic mass is 35.5. The van der Waals surface area contributed by atoms with Crippen LogP contribution in [0.15, 0.2) is 23.1 Å². The molecule has 8 heteroatoms. The van der Waals surface area contributed by atoms with E-state index in [1.807, 2.05) is 17.0 Å². The van der Waals surface area contributed by atoms with Crippen LogP contribution in [0.4, 0.5) is 0 Å². The molecule has 1 aliphatic carbocycles. The lowest BCUT2D eigenvalue weighted by Crippen LogP contribution is -2.50. The van der Waals surface area contributed by atoms with Gasteiger partial charge in [0.2, 0.25) is 15.9 Å². The Labute approximate surface area is 174 Å². The van der Waals surface area contributed by atoms with Gasteiger partial charge >= 0.3 is 0 Å². The van der Waals surface area contributed by atoms with E-state index in [-0.39, 0.29) is 24.2 Å². The van der Waals surface area contributed by atoms with E-state index < -0.39 is 10.0 Å². The Morgan fingerprint density at radius 1 is 0.964 bits per heavy atom. The molecule has 0 saturated carbocycles. The van der Waals surface area contributed by atoms with Gasteiger partial charge in [0.1, 0.15) is 0 Å². The summed E-state index contributed by atoms with van der Waals surface area (Å²) >= 11 is 0. The van der Waals surface area contributed by atoms with Gasteiger partial charge in [-0.05, 0) is 61.8 Å². The van der Waals surface area contributed by atoms with Crippen LogP contribution in [0.2, 0.25) is 0 Å². The minimum Gasteiger partial charge on any atom is -0.340 e. The molecule has 2 saturated heterocycles. The maximum absolute atomic E-state index is 13.1. The van der Waals surface area contributed by atoms with Crippen molar-refractivity contribution in [1.29, 1.82) is 0 Å². The number of nitrogens with zero attached hydrogens (tertiary/aromatic N) is 2. The zero-order chi connectivity index (χ0) is 18.9. The van der Waals surface area contributed by atoms with Crippen LogP contribution >= 0.6 is 12.4 Å². The van der Waals surface area contributed by atoms with Gasteiger partial charge in [0.25, 0.3) is 0 Å². The summed E-state index contributed by atoms with van der Waals surface area (Å²) < 4.78 is 27.7. The van der Waals surface area contributed by atoms with Gasteiger partial charge in [-0.15, -0.1) is 12.4 Å². The van der Waals surface area contributed by atoms with Gasteiger partial charge in [-0.2, -0.15) is 4.31 Å². The van der Waals surface area contributed by atoms with Crippen LogP contribution in [0.3, 0.4) is 0 Å². The number of benzene rings is 1. The lowest BCUT2D eigenvalue weighted by molar-refractivity contribution is -0.137. The molecule has 156 valence electrons. The van der Waals surface area contributed by atoms with Crippen molar-refractivity contribution in [3.63, 3.8) is 0 Å². The van der Waals surface area contributed by atoms with Crippen molar-refractivity contribution in [1.82, 2.24) is 14.5 Å². The number of piperidine rings is 1. The minimum absolute atomic E-state index is 0. The van der Waals surface area contributed by atoms with Gasteiger partial charge in [0.15, 0.2) is 0 Å². The number of rotatable bonds is 3. The molecular formula is C20H30ClN3O3S. The summed E-state index contributed by atoms with van der Waals surface area (Å²) in [5.41, 5.74) is 2.48. The predicted molar refractivity (Wildman–Crippen MR) is 111 cm³/mol. The zero-order valence-electron chi connectivity index (χ0n) is 16.2. The first-order chi connectivity index (χ1) is 13.1. The lowest BCUT2D eigenvalue weighted by atomic mass is 9.92. The first kappa shape index (κ1) is 21.6. The Balaban J connectivity index is 0.00000225. The molecule has 28 heavy (non-hydrogen) atoms. The van der Waals surface area contributed by atoms with Crippen molar-refractivity contribution in [3.8, 4) is 0 Å². The fraction of sp³-hybridized carbons (Fsp3) is 0.650. The SMILES string of the molecule is Cl.O=C(C1CCN(S(=O)(=O)c2ccc3c(c2)CCCC3)CC1)N1CCNCC1. The zero-order valence-corrected chi connectivity index (χ0v) is 17.9. The van der Waals surface area contributed by atoms with Crippen LogP contribution in [-0.4, -0.2) is 62.8 Å². The van der Waals surface area contributed by atoms with E-state index in [0.29, 0.717) is 30.8 Å². The largest absolute Gasteiger partial charge is 0.340 e. The summed E-state index contributed by atoms with van der Waals surface area (Å²) in [6.45, 7) is 4.07. The van der Waals surface area contributed by atoms with Gasteiger partial charge in [-0.25, -0.2) is 8.42 Å². The van der Waals surface area contributed by atoms with Gasteiger partial charge in [-0.1, -0.05) is 6.07 Å². The van der Waals surface area contributed by atoms with E-state index in [2.05, 4.69) is 5.32 Å². The van der Waals surface area contributed by atoms with E-state index in [9.17, 15) is 13.2 Å². The average Bonchev–Trinajstić information content (AvgIpc) is 2.73. The van der Waals surface area contributed by atoms with Crippen molar-refractivity contribution in [2.24, 2.45) is 5.92 Å². The third-order valence-electron chi connectivity index (χ3n) is 6.19. The number of nitrogens with one attached hydrogen (secondary N) is 1. The highest BCUT2D eigenvalue weighted by molar-refractivity contribution is 7.89. The normalized spacial score (nSPS) is 21.6. The van der Waals surface area contributed by atoms with E-state index >= 15 is 0 Å². The first-order valence-electron chi connectivity index (χ1n) is 10.2. The first-order valence-corrected chi connectivity index (χ1v) is 11.6. The molecule has 6 nitrogen and oxygen atoms in total. The van der Waals surface area contributed by atoms with E-state index in [4.69, 9.17) is 0 Å². The number of amides is 1. The summed E-state index contributed by atoms with van der Waals surface area (Å²) in [7, 11) is -3.47. The number of carbonyl (C=O) groups is 1. The van der Waals surface area contributed by atoms with Crippen LogP contribution in [-0.2, 0) is 27.7 Å². The molecule has 2 fully saturated rings. The Hall–Kier alpha value is -1.15. The molecule has 1 aromatic carbocycles. The van der Waals surface area contributed by atoms with Crippen molar-refractivity contribution < 1.29 is 13.2 Å². The molecule has 1 amide bonds. The highest BCUT2D eigenvalue weighted by Gasteiger charge is 2.34. The molecule has 4 rings (SSSR count). The van der Waals surface area contributed by atoms with Crippen LogP contribution in [0, 0.1) is 5.92 Å². The number of fused-ring (bicyclic) bond motifs is 1. The molecule has 2 aliphatic heterocycles. The van der Waals surface area contributed by atoms with Gasteiger partial charge < -0.3 is 10.2 Å². The highest BCUT2D eigenvalue weighted by Crippen LogP contribution is 2.28. The molecule has 1 N–H and O–H groups in total. The molecule has 0 atom stereocenters. The number of piperazine rings is 1. The Bertz CT molecular complexity index is 801. The average molecular weight is 428 g/mol. The molecule has 2 heterocycles. The fourth-order valence-corrected chi connectivity index (χ4v) is 6.03. The van der Waals surface area contributed by atoms with Crippen LogP contribution in [0.25, 0.3) is 0 Å². The molecule has 0 radical (unpaired) electrons. The maximum Gasteiger partial charge on any atom is 0.243 e. The topological polar surface area (TPSA) is 69.7 Å². The van der Waals surface area contributed by atoms with Crippen LogP contribution in [0.1, 0.15) is 36.8 Å². The summed E-state index contributed by atoms with van der Waals surface area (Å²) in [5, 5.41) is 3.26. The number of hydrogen-bond donors (Lipinski definition) is 1. The number of sulfonamides is 1. The summed E-state index contributed by atoms with van der Waals surface area (Å²) in [4.78, 5) is 15.0. The number of hydrogen-bond acceptors (Lipinski definition) is 4. The second-order valence-corrected chi connectivity index (χ2v) is 9.83. The molecule has 0 unspecified atom stereocenters. The molecule has 1 aromatic rings. The van der Waals surface area contributed by atoms with Crippen molar-refractivity contribution in [2.75, 3.05) is 39.3 Å². The summed E-state index contributed by atoms with van der Waals surface area (Å²) in [5.74, 6) is 0.153. The Morgan fingerprint density at radius 3 is 2.29 bits per heavy atom. The Kier molecular flexibility index (Phi) is 7.02. The minimum atomic E-state index is -3.47. The smallest absolute Gasteiger partial charge is 0.243 e. The molecule has 0 spiro atoms. The van der Waals surface area contributed by atoms with Gasteiger partial charge in [0, 0.05) is 45.2 Å². The quantitative estimate of drug-likeness (QED) is 0.798. The Morgan fingerprint density at radius 2 is 1.61 bits per heavy atom. The maximum atomic E-state index is 13.1. The standard InChI is InChI=1S/C20H29N3O3S.ClH/c24-20(22-13-9-21-10-14-22)17-7-11-23(12-8-17)27(25,26)19-6-5-16-3-1-2-4-18(16)15-19;/h5-6,15,17,21H,1-4,7-14H2;1H. The van der Waals surface area contributed by atoms with Gasteiger partial charge in [-0.3, -0.25) is 4.79 Å². The molecule has 3 aliphatic rings. The number of halogens is 1. The monoisotopic (exact) mass is 427 g/mol. The van der Waals surface area contributed by atoms with E-state index in [1.54, 1.807) is 10.4 Å². The van der Waals surface area contributed by atoms with Gasteiger partial charge in [0.05, 0.1) is 4.90 Å². The van der Waals surface area contributed by atoms with E-state index in [1.165, 1.54) is 17.5 Å². The summed E-state index contributed by atoms with van der Waals surface area (Å²) in [6.07, 6.45) is 5.58. The molecular weight excluding hydrogens is 398 g/mol. The van der Waals surface area contributed by atoms with Crippen molar-refractivity contribution >= 4 is 28.3 Å². The second-order valence-electron chi connectivity index (χ2n) is 7.89. The van der Waals surface area contributed by atoms with Crippen molar-refractivity contribution in [2.45, 2.75) is 43.4 Å². The third-order valence-corrected chi connectivity index (χ3v) is 8.08. The lowest BCUT2D eigenvalue weighted by Gasteiger charge is -2.35. The van der Waals surface area contributed by atoms with Crippen molar-refractivity contribution in [3.05, 3.63) is 29.3 Å². The third kappa shape index (κ3) is 4.37. The molecule has 0 bridgehead atoms. The van der Waals surface area contributed by atoms with Crippen LogP contribution in [0.5, 0.6) is 0 Å². The predicted octanol–water partition coefficient (Wildman–Crippen LogP) is 1.82. The van der Waals surface area contributed by atoms with E-state index in [0.717, 1.165) is 45.4 Å².